The minimum Gasteiger partial charge on any atom is -0.326 e. The smallest absolute Gasteiger partial charge is 0.326 e. The van der Waals surface area contributed by atoms with Crippen LogP contribution in [0.2, 0.25) is 0 Å². The Bertz CT molecular complexity index is 621. The molecule has 1 saturated heterocycles. The monoisotopic (exact) mass is 348 g/mol. The van der Waals surface area contributed by atoms with E-state index in [1.54, 1.807) is 0 Å². The lowest BCUT2D eigenvalue weighted by Gasteiger charge is -2.17. The molecule has 0 radical (unpaired) electrons. The van der Waals surface area contributed by atoms with Crippen LogP contribution in [-0.2, 0) is 16.2 Å². The number of hydrogen-bond donors (Lipinski definition) is 1. The Labute approximate surface area is 125 Å². The molecule has 0 aromatic heterocycles. The SMILES string of the molecule is Cl.N[C@@H]1CCN(S(=O)(=O)c2ccc(F)c(C(F)(F)F)c2)C1. The molecular formula is C11H13ClF4N2O2S. The van der Waals surface area contributed by atoms with Gasteiger partial charge in [-0.15, -0.1) is 12.4 Å². The van der Waals surface area contributed by atoms with E-state index in [1.807, 2.05) is 0 Å². The van der Waals surface area contributed by atoms with Gasteiger partial charge in [0.25, 0.3) is 0 Å². The van der Waals surface area contributed by atoms with Crippen LogP contribution < -0.4 is 5.73 Å². The first-order chi connectivity index (χ1) is 9.12. The average Bonchev–Trinajstić information content (AvgIpc) is 2.75. The fourth-order valence-corrected chi connectivity index (χ4v) is 3.54. The van der Waals surface area contributed by atoms with Gasteiger partial charge in [0.15, 0.2) is 0 Å². The van der Waals surface area contributed by atoms with Gasteiger partial charge in [0, 0.05) is 19.1 Å². The van der Waals surface area contributed by atoms with Crippen molar-refractivity contribution in [1.29, 1.82) is 0 Å². The lowest BCUT2D eigenvalue weighted by molar-refractivity contribution is -0.140. The maximum atomic E-state index is 13.1. The van der Waals surface area contributed by atoms with Crippen LogP contribution in [0.5, 0.6) is 0 Å². The summed E-state index contributed by atoms with van der Waals surface area (Å²) in [7, 11) is -4.08. The average molecular weight is 349 g/mol. The van der Waals surface area contributed by atoms with E-state index in [0.717, 1.165) is 10.4 Å². The summed E-state index contributed by atoms with van der Waals surface area (Å²) in [6.45, 7) is 0.184. The van der Waals surface area contributed by atoms with Crippen molar-refractivity contribution in [3.8, 4) is 0 Å². The third-order valence-corrected chi connectivity index (χ3v) is 4.93. The van der Waals surface area contributed by atoms with Crippen LogP contribution in [0.4, 0.5) is 17.6 Å². The van der Waals surface area contributed by atoms with Crippen molar-refractivity contribution in [1.82, 2.24) is 4.31 Å². The summed E-state index contributed by atoms with van der Waals surface area (Å²) in [5.74, 6) is -1.51. The highest BCUT2D eigenvalue weighted by atomic mass is 35.5. The Hall–Kier alpha value is -0.900. The first kappa shape index (κ1) is 18.1. The molecule has 10 heteroatoms. The first-order valence-electron chi connectivity index (χ1n) is 5.75. The Morgan fingerprint density at radius 2 is 1.90 bits per heavy atom. The molecule has 0 unspecified atom stereocenters. The van der Waals surface area contributed by atoms with Crippen LogP contribution in [0, 0.1) is 5.82 Å². The van der Waals surface area contributed by atoms with Gasteiger partial charge in [0.05, 0.1) is 10.5 Å². The van der Waals surface area contributed by atoms with Crippen molar-refractivity contribution in [3.05, 3.63) is 29.6 Å². The molecule has 1 aromatic carbocycles. The van der Waals surface area contributed by atoms with Crippen molar-refractivity contribution < 1.29 is 26.0 Å². The van der Waals surface area contributed by atoms with Crippen molar-refractivity contribution in [2.24, 2.45) is 5.73 Å². The lowest BCUT2D eigenvalue weighted by atomic mass is 10.2. The third kappa shape index (κ3) is 3.65. The fourth-order valence-electron chi connectivity index (χ4n) is 2.00. The predicted molar refractivity (Wildman–Crippen MR) is 70.0 cm³/mol. The van der Waals surface area contributed by atoms with Gasteiger partial charge in [0.1, 0.15) is 5.82 Å². The fraction of sp³-hybridized carbons (Fsp3) is 0.455. The molecule has 1 aromatic rings. The van der Waals surface area contributed by atoms with E-state index >= 15 is 0 Å². The second-order valence-electron chi connectivity index (χ2n) is 4.55. The van der Waals surface area contributed by atoms with Gasteiger partial charge in [-0.25, -0.2) is 12.8 Å². The zero-order valence-corrected chi connectivity index (χ0v) is 12.2. The van der Waals surface area contributed by atoms with E-state index in [4.69, 9.17) is 5.73 Å². The number of benzene rings is 1. The molecule has 4 nitrogen and oxygen atoms in total. The van der Waals surface area contributed by atoms with Crippen LogP contribution in [0.1, 0.15) is 12.0 Å². The number of rotatable bonds is 2. The molecule has 1 aliphatic rings. The van der Waals surface area contributed by atoms with E-state index in [1.165, 1.54) is 0 Å². The largest absolute Gasteiger partial charge is 0.419 e. The van der Waals surface area contributed by atoms with Gasteiger partial charge >= 0.3 is 6.18 Å². The molecule has 0 aliphatic carbocycles. The van der Waals surface area contributed by atoms with Crippen LogP contribution in [0.25, 0.3) is 0 Å². The zero-order chi connectivity index (χ0) is 15.1. The van der Waals surface area contributed by atoms with Gasteiger partial charge in [-0.2, -0.15) is 17.5 Å². The first-order valence-corrected chi connectivity index (χ1v) is 7.19. The Kier molecular flexibility index (Phi) is 5.25. The summed E-state index contributed by atoms with van der Waals surface area (Å²) in [5, 5.41) is 0. The number of alkyl halides is 3. The third-order valence-electron chi connectivity index (χ3n) is 3.07. The number of halogens is 5. The quantitative estimate of drug-likeness (QED) is 0.831. The van der Waals surface area contributed by atoms with Gasteiger partial charge in [0.2, 0.25) is 10.0 Å². The molecule has 0 saturated carbocycles. The molecule has 0 bridgehead atoms. The van der Waals surface area contributed by atoms with Crippen molar-refractivity contribution in [2.45, 2.75) is 23.5 Å². The van der Waals surface area contributed by atoms with E-state index < -0.39 is 32.5 Å². The van der Waals surface area contributed by atoms with E-state index in [9.17, 15) is 26.0 Å². The molecule has 21 heavy (non-hydrogen) atoms. The second kappa shape index (κ2) is 6.07. The molecule has 0 spiro atoms. The van der Waals surface area contributed by atoms with Crippen molar-refractivity contribution >= 4 is 22.4 Å². The molecule has 0 amide bonds. The van der Waals surface area contributed by atoms with Gasteiger partial charge in [-0.1, -0.05) is 0 Å². The highest BCUT2D eigenvalue weighted by Gasteiger charge is 2.37. The van der Waals surface area contributed by atoms with Crippen LogP contribution in [-0.4, -0.2) is 31.9 Å². The zero-order valence-electron chi connectivity index (χ0n) is 10.6. The number of hydrogen-bond acceptors (Lipinski definition) is 3. The normalized spacial score (nSPS) is 20.3. The topological polar surface area (TPSA) is 63.4 Å². The molecule has 120 valence electrons. The van der Waals surface area contributed by atoms with Crippen LogP contribution >= 0.6 is 12.4 Å². The Morgan fingerprint density at radius 1 is 1.29 bits per heavy atom. The highest BCUT2D eigenvalue weighted by molar-refractivity contribution is 7.89. The number of nitrogens with two attached hydrogens (primary N) is 1. The van der Waals surface area contributed by atoms with E-state index in [-0.39, 0.29) is 31.5 Å². The maximum absolute atomic E-state index is 13.1. The van der Waals surface area contributed by atoms with Crippen molar-refractivity contribution in [2.75, 3.05) is 13.1 Å². The predicted octanol–water partition coefficient (Wildman–Crippen LogP) is 1.99. The Balaban J connectivity index is 0.00000220. The molecule has 1 fully saturated rings. The Morgan fingerprint density at radius 3 is 2.38 bits per heavy atom. The van der Waals surface area contributed by atoms with E-state index in [2.05, 4.69) is 0 Å². The van der Waals surface area contributed by atoms with E-state index in [0.29, 0.717) is 18.6 Å². The summed E-state index contributed by atoms with van der Waals surface area (Å²) >= 11 is 0. The molecular weight excluding hydrogens is 336 g/mol. The van der Waals surface area contributed by atoms with Crippen molar-refractivity contribution in [3.63, 3.8) is 0 Å². The van der Waals surface area contributed by atoms with Crippen LogP contribution in [0.15, 0.2) is 23.1 Å². The molecule has 1 atom stereocenters. The standard InChI is InChI=1S/C11H12F4N2O2S.ClH/c12-10-2-1-8(5-9(10)11(13,14)15)20(18,19)17-4-3-7(16)6-17;/h1-2,5,7H,3-4,6,16H2;1H/t7-;/m1./s1. The summed E-state index contributed by atoms with van der Waals surface area (Å²) < 4.78 is 76.2. The van der Waals surface area contributed by atoms with Crippen LogP contribution in [0.3, 0.4) is 0 Å². The number of sulfonamides is 1. The van der Waals surface area contributed by atoms with Gasteiger partial charge in [-0.05, 0) is 24.6 Å². The molecule has 1 heterocycles. The molecule has 1 aliphatic heterocycles. The number of nitrogens with zero attached hydrogens (tertiary/aromatic N) is 1. The summed E-state index contributed by atoms with van der Waals surface area (Å²) in [5.41, 5.74) is 3.98. The lowest BCUT2D eigenvalue weighted by Crippen LogP contribution is -2.32. The van der Waals surface area contributed by atoms with Gasteiger partial charge < -0.3 is 5.73 Å². The second-order valence-corrected chi connectivity index (χ2v) is 6.49. The summed E-state index contributed by atoms with van der Waals surface area (Å²) in [6, 6.07) is 1.30. The highest BCUT2D eigenvalue weighted by Crippen LogP contribution is 2.33. The van der Waals surface area contributed by atoms with Gasteiger partial charge in [-0.3, -0.25) is 0 Å². The molecule has 2 rings (SSSR count). The maximum Gasteiger partial charge on any atom is 0.419 e. The minimum absolute atomic E-state index is 0. The summed E-state index contributed by atoms with van der Waals surface area (Å²) in [6.07, 6.45) is -4.51. The molecule has 2 N–H and O–H groups in total. The summed E-state index contributed by atoms with van der Waals surface area (Å²) in [4.78, 5) is -0.583. The minimum atomic E-state index is -4.95.